The summed E-state index contributed by atoms with van der Waals surface area (Å²) in [6, 6.07) is 0. The summed E-state index contributed by atoms with van der Waals surface area (Å²) >= 11 is 0. The Morgan fingerprint density at radius 3 is 1.78 bits per heavy atom. The Morgan fingerprint density at radius 1 is 0.889 bits per heavy atom. The van der Waals surface area contributed by atoms with E-state index in [2.05, 4.69) is 0 Å². The number of rotatable bonds is 9. The van der Waals surface area contributed by atoms with E-state index < -0.39 is 36.3 Å². The molecule has 1 aliphatic heterocycles. The molecule has 9 nitrogen and oxygen atoms in total. The molecule has 2 aliphatic rings. The van der Waals surface area contributed by atoms with Crippen LogP contribution in [0.1, 0.15) is 6.92 Å². The molecule has 1 saturated carbocycles. The number of carbonyl (C=O) groups excluding carboxylic acids is 2. The normalized spacial score (nSPS) is 37.3. The van der Waals surface area contributed by atoms with Gasteiger partial charge in [0.2, 0.25) is 5.91 Å². The van der Waals surface area contributed by atoms with E-state index in [4.69, 9.17) is 28.4 Å². The Labute approximate surface area is 160 Å². The number of methoxy groups -OCH3 is 4. The molecule has 1 amide bonds. The van der Waals surface area contributed by atoms with Crippen LogP contribution in [0.3, 0.4) is 0 Å². The highest BCUT2D eigenvalue weighted by Crippen LogP contribution is 2.42. The van der Waals surface area contributed by atoms with Crippen LogP contribution in [0.15, 0.2) is 0 Å². The quantitative estimate of drug-likeness (QED) is 0.399. The minimum atomic E-state index is -0.706. The number of ketones is 1. The van der Waals surface area contributed by atoms with Gasteiger partial charge in [0.25, 0.3) is 0 Å². The van der Waals surface area contributed by atoms with Gasteiger partial charge in [-0.05, 0) is 6.92 Å². The predicted octanol–water partition coefficient (Wildman–Crippen LogP) is -0.0822. The van der Waals surface area contributed by atoms with E-state index in [1.54, 1.807) is 33.1 Å². The molecule has 0 N–H and O–H groups in total. The van der Waals surface area contributed by atoms with E-state index >= 15 is 0 Å². The van der Waals surface area contributed by atoms with E-state index in [0.717, 1.165) is 0 Å². The number of ether oxygens (including phenoxy) is 6. The first-order chi connectivity index (χ1) is 12.9. The van der Waals surface area contributed by atoms with Gasteiger partial charge >= 0.3 is 0 Å². The lowest BCUT2D eigenvalue weighted by Crippen LogP contribution is -2.54. The molecule has 0 aromatic rings. The fraction of sp³-hybridized carbons (Fsp3) is 0.889. The van der Waals surface area contributed by atoms with Crippen molar-refractivity contribution in [2.45, 2.75) is 31.3 Å². The lowest BCUT2D eigenvalue weighted by atomic mass is 9.77. The van der Waals surface area contributed by atoms with E-state index in [1.807, 2.05) is 0 Å². The summed E-state index contributed by atoms with van der Waals surface area (Å²) in [7, 11) is 7.88. The maximum Gasteiger partial charge on any atom is 0.232 e. The average molecular weight is 389 g/mol. The van der Waals surface area contributed by atoms with Gasteiger partial charge in [-0.3, -0.25) is 9.59 Å². The highest BCUT2D eigenvalue weighted by atomic mass is 16.7. The Hall–Kier alpha value is -1.10. The van der Waals surface area contributed by atoms with Crippen molar-refractivity contribution in [3.05, 3.63) is 0 Å². The molecule has 0 radical (unpaired) electrons. The smallest absolute Gasteiger partial charge is 0.232 e. The number of piperidine rings is 1. The van der Waals surface area contributed by atoms with E-state index in [9.17, 15) is 9.59 Å². The maximum atomic E-state index is 13.0. The standard InChI is InChI=1S/C18H31NO8/c1-10-13(20)11(7-19(2)18(10)21)12-14(26-8-22-3)16(24-5)17(25-6)15(12)27-9-23-4/h10-12,14-17H,7-9H2,1-6H3/t10?,11?,12?,14-,15+,16-,17+. The zero-order valence-corrected chi connectivity index (χ0v) is 16.9. The third-order valence-corrected chi connectivity index (χ3v) is 5.51. The van der Waals surface area contributed by atoms with Crippen LogP contribution >= 0.6 is 0 Å². The summed E-state index contributed by atoms with van der Waals surface area (Å²) in [6.07, 6.45) is -1.90. The van der Waals surface area contributed by atoms with Crippen LogP contribution in [0.25, 0.3) is 0 Å². The first kappa shape index (κ1) is 22.2. The second-order valence-electron chi connectivity index (χ2n) is 7.00. The van der Waals surface area contributed by atoms with Crippen molar-refractivity contribution in [3.8, 4) is 0 Å². The number of hydrogen-bond donors (Lipinski definition) is 0. The van der Waals surface area contributed by atoms with Crippen molar-refractivity contribution in [2.75, 3.05) is 55.6 Å². The Bertz CT molecular complexity index is 494. The molecule has 1 aliphatic carbocycles. The van der Waals surface area contributed by atoms with Gasteiger partial charge < -0.3 is 33.3 Å². The molecule has 1 heterocycles. The van der Waals surface area contributed by atoms with Crippen molar-refractivity contribution in [1.29, 1.82) is 0 Å². The van der Waals surface area contributed by atoms with Gasteiger partial charge in [-0.15, -0.1) is 0 Å². The monoisotopic (exact) mass is 389 g/mol. The fourth-order valence-corrected chi connectivity index (χ4v) is 4.26. The zero-order valence-electron chi connectivity index (χ0n) is 16.9. The van der Waals surface area contributed by atoms with Gasteiger partial charge in [-0.1, -0.05) is 0 Å². The molecule has 2 fully saturated rings. The van der Waals surface area contributed by atoms with Crippen molar-refractivity contribution in [2.24, 2.45) is 17.8 Å². The number of hydrogen-bond acceptors (Lipinski definition) is 8. The number of carbonyl (C=O) groups is 2. The van der Waals surface area contributed by atoms with Crippen LogP contribution in [-0.2, 0) is 38.0 Å². The van der Waals surface area contributed by atoms with Gasteiger partial charge in [-0.25, -0.2) is 0 Å². The Kier molecular flexibility index (Phi) is 8.14. The molecule has 27 heavy (non-hydrogen) atoms. The summed E-state index contributed by atoms with van der Waals surface area (Å²) in [5, 5.41) is 0. The minimum absolute atomic E-state index is 0.0414. The van der Waals surface area contributed by atoms with Crippen LogP contribution in [-0.4, -0.2) is 96.6 Å². The van der Waals surface area contributed by atoms with Gasteiger partial charge in [0.05, 0.1) is 18.1 Å². The van der Waals surface area contributed by atoms with Crippen LogP contribution in [0.4, 0.5) is 0 Å². The Balaban J connectivity index is 2.40. The van der Waals surface area contributed by atoms with Crippen LogP contribution < -0.4 is 0 Å². The molecule has 7 atom stereocenters. The number of nitrogens with zero attached hydrogens (tertiary/aromatic N) is 1. The molecular weight excluding hydrogens is 358 g/mol. The highest BCUT2D eigenvalue weighted by Gasteiger charge is 2.58. The SMILES string of the molecule is COCO[C@@H]1C(C2CN(C)C(=O)C(C)C2=O)[C@H](OCOC)[C@H](OC)[C@@H]1OC. The molecule has 9 heteroatoms. The maximum absolute atomic E-state index is 13.0. The molecule has 0 spiro atoms. The van der Waals surface area contributed by atoms with Crippen molar-refractivity contribution >= 4 is 11.7 Å². The third kappa shape index (κ3) is 4.33. The van der Waals surface area contributed by atoms with E-state index in [0.29, 0.717) is 6.54 Å². The second kappa shape index (κ2) is 9.90. The van der Waals surface area contributed by atoms with Crippen LogP contribution in [0, 0.1) is 17.8 Å². The Morgan fingerprint density at radius 2 is 1.37 bits per heavy atom. The summed E-state index contributed by atoms with van der Waals surface area (Å²) in [4.78, 5) is 26.8. The summed E-state index contributed by atoms with van der Waals surface area (Å²) in [6.45, 7) is 2.01. The molecule has 0 bridgehead atoms. The average Bonchev–Trinajstić information content (AvgIpc) is 2.97. The lowest BCUT2D eigenvalue weighted by molar-refractivity contribution is -0.165. The molecule has 1 saturated heterocycles. The minimum Gasteiger partial charge on any atom is -0.376 e. The first-order valence-corrected chi connectivity index (χ1v) is 8.98. The molecular formula is C18H31NO8. The topological polar surface area (TPSA) is 92.8 Å². The van der Waals surface area contributed by atoms with Gasteiger partial charge in [0, 0.05) is 53.9 Å². The predicted molar refractivity (Wildman–Crippen MR) is 93.9 cm³/mol. The van der Waals surface area contributed by atoms with Gasteiger partial charge in [0.15, 0.2) is 0 Å². The third-order valence-electron chi connectivity index (χ3n) is 5.51. The lowest BCUT2D eigenvalue weighted by Gasteiger charge is -2.39. The van der Waals surface area contributed by atoms with Crippen LogP contribution in [0.2, 0.25) is 0 Å². The zero-order chi connectivity index (χ0) is 20.1. The van der Waals surface area contributed by atoms with E-state index in [1.165, 1.54) is 14.2 Å². The molecule has 0 aromatic heterocycles. The van der Waals surface area contributed by atoms with Gasteiger partial charge in [-0.2, -0.15) is 0 Å². The number of likely N-dealkylation sites (tertiary alicyclic amines) is 1. The molecule has 3 unspecified atom stereocenters. The largest absolute Gasteiger partial charge is 0.376 e. The van der Waals surface area contributed by atoms with Crippen molar-refractivity contribution in [3.63, 3.8) is 0 Å². The van der Waals surface area contributed by atoms with E-state index in [-0.39, 0.29) is 31.2 Å². The number of amides is 1. The number of Topliss-reactive ketones (excluding diaryl/α,β-unsaturated/α-hetero) is 1. The van der Waals surface area contributed by atoms with Crippen molar-refractivity contribution < 1.29 is 38.0 Å². The highest BCUT2D eigenvalue weighted by molar-refractivity contribution is 6.04. The molecule has 156 valence electrons. The summed E-state index contributed by atoms with van der Waals surface area (Å²) < 4.78 is 33.2. The first-order valence-electron chi connectivity index (χ1n) is 8.98. The molecule has 0 aromatic carbocycles. The molecule has 2 rings (SSSR count). The summed E-state index contributed by atoms with van der Waals surface area (Å²) in [5.41, 5.74) is 0. The fourth-order valence-electron chi connectivity index (χ4n) is 4.26. The van der Waals surface area contributed by atoms with Gasteiger partial charge in [0.1, 0.15) is 31.6 Å². The van der Waals surface area contributed by atoms with Crippen molar-refractivity contribution in [1.82, 2.24) is 4.90 Å². The summed E-state index contributed by atoms with van der Waals surface area (Å²) in [5.74, 6) is -1.85. The van der Waals surface area contributed by atoms with Crippen LogP contribution in [0.5, 0.6) is 0 Å². The second-order valence-corrected chi connectivity index (χ2v) is 7.00.